The average Bonchev–Trinajstić information content (AvgIpc) is 2.75. The van der Waals surface area contributed by atoms with Gasteiger partial charge in [0.2, 0.25) is 0 Å². The molecule has 0 saturated heterocycles. The highest BCUT2D eigenvalue weighted by atomic mass is 16.1. The van der Waals surface area contributed by atoms with Crippen molar-refractivity contribution in [1.82, 2.24) is 15.5 Å². The van der Waals surface area contributed by atoms with Crippen LogP contribution in [-0.4, -0.2) is 22.1 Å². The standard InChI is InChI=1S/C12H15N3O/c1-3-8(2)14-12(16)9-4-5-10-7-13-15-11(10)6-9/h4-8H,3H2,1-2H3,(H,13,15)(H,14,16)/t8-/m0/s1. The van der Waals surface area contributed by atoms with E-state index in [2.05, 4.69) is 15.5 Å². The molecule has 4 nitrogen and oxygen atoms in total. The molecule has 0 radical (unpaired) electrons. The van der Waals surface area contributed by atoms with Gasteiger partial charge in [0, 0.05) is 17.0 Å². The molecule has 1 heterocycles. The normalized spacial score (nSPS) is 12.6. The van der Waals surface area contributed by atoms with Gasteiger partial charge in [-0.25, -0.2) is 0 Å². The number of fused-ring (bicyclic) bond motifs is 1. The van der Waals surface area contributed by atoms with Crippen LogP contribution in [0.3, 0.4) is 0 Å². The summed E-state index contributed by atoms with van der Waals surface area (Å²) in [6, 6.07) is 5.73. The maximum absolute atomic E-state index is 11.8. The van der Waals surface area contributed by atoms with Gasteiger partial charge in [-0.15, -0.1) is 0 Å². The molecule has 1 atom stereocenters. The molecule has 0 unspecified atom stereocenters. The number of rotatable bonds is 3. The molecule has 0 aliphatic carbocycles. The second kappa shape index (κ2) is 4.35. The zero-order chi connectivity index (χ0) is 11.5. The van der Waals surface area contributed by atoms with Gasteiger partial charge >= 0.3 is 0 Å². The molecule has 2 rings (SSSR count). The minimum Gasteiger partial charge on any atom is -0.350 e. The van der Waals surface area contributed by atoms with Gasteiger partial charge < -0.3 is 5.32 Å². The first-order valence-corrected chi connectivity index (χ1v) is 5.44. The van der Waals surface area contributed by atoms with Crippen molar-refractivity contribution in [3.8, 4) is 0 Å². The zero-order valence-electron chi connectivity index (χ0n) is 9.45. The number of H-pyrrole nitrogens is 1. The number of aromatic amines is 1. The van der Waals surface area contributed by atoms with Crippen molar-refractivity contribution in [2.75, 3.05) is 0 Å². The Morgan fingerprint density at radius 2 is 2.38 bits per heavy atom. The first-order valence-electron chi connectivity index (χ1n) is 5.44. The molecule has 2 aromatic rings. The Morgan fingerprint density at radius 3 is 3.12 bits per heavy atom. The van der Waals surface area contributed by atoms with Crippen LogP contribution < -0.4 is 5.32 Å². The lowest BCUT2D eigenvalue weighted by Gasteiger charge is -2.11. The molecule has 1 amide bonds. The first-order chi connectivity index (χ1) is 7.70. The topological polar surface area (TPSA) is 57.8 Å². The van der Waals surface area contributed by atoms with Crippen LogP contribution in [0.1, 0.15) is 30.6 Å². The molecular weight excluding hydrogens is 202 g/mol. The summed E-state index contributed by atoms with van der Waals surface area (Å²) in [5.41, 5.74) is 1.55. The second-order valence-corrected chi connectivity index (χ2v) is 3.95. The van der Waals surface area contributed by atoms with Crippen LogP contribution in [0, 0.1) is 0 Å². The summed E-state index contributed by atoms with van der Waals surface area (Å²) in [4.78, 5) is 11.8. The zero-order valence-corrected chi connectivity index (χ0v) is 9.45. The summed E-state index contributed by atoms with van der Waals surface area (Å²) < 4.78 is 0. The quantitative estimate of drug-likeness (QED) is 0.827. The minimum absolute atomic E-state index is 0.0362. The highest BCUT2D eigenvalue weighted by Gasteiger charge is 2.09. The van der Waals surface area contributed by atoms with Crippen LogP contribution >= 0.6 is 0 Å². The van der Waals surface area contributed by atoms with E-state index in [0.717, 1.165) is 17.3 Å². The van der Waals surface area contributed by atoms with E-state index in [9.17, 15) is 4.79 Å². The maximum atomic E-state index is 11.8. The fourth-order valence-corrected chi connectivity index (χ4v) is 1.49. The fraction of sp³-hybridized carbons (Fsp3) is 0.333. The third kappa shape index (κ3) is 2.05. The van der Waals surface area contributed by atoms with Crippen molar-refractivity contribution in [3.63, 3.8) is 0 Å². The van der Waals surface area contributed by atoms with Crippen LogP contribution in [-0.2, 0) is 0 Å². The Balaban J connectivity index is 2.22. The third-order valence-electron chi connectivity index (χ3n) is 2.69. The van der Waals surface area contributed by atoms with E-state index >= 15 is 0 Å². The highest BCUT2D eigenvalue weighted by molar-refractivity contribution is 5.97. The minimum atomic E-state index is -0.0362. The van der Waals surface area contributed by atoms with Crippen molar-refractivity contribution in [3.05, 3.63) is 30.0 Å². The van der Waals surface area contributed by atoms with E-state index in [0.29, 0.717) is 5.56 Å². The van der Waals surface area contributed by atoms with Crippen LogP contribution in [0.15, 0.2) is 24.4 Å². The van der Waals surface area contributed by atoms with Crippen molar-refractivity contribution in [2.24, 2.45) is 0 Å². The van der Waals surface area contributed by atoms with Gasteiger partial charge in [-0.1, -0.05) is 13.0 Å². The van der Waals surface area contributed by atoms with Crippen molar-refractivity contribution in [1.29, 1.82) is 0 Å². The van der Waals surface area contributed by atoms with Gasteiger partial charge in [0.1, 0.15) is 0 Å². The van der Waals surface area contributed by atoms with E-state index < -0.39 is 0 Å². The summed E-state index contributed by atoms with van der Waals surface area (Å²) in [7, 11) is 0. The maximum Gasteiger partial charge on any atom is 0.251 e. The molecule has 0 spiro atoms. The van der Waals surface area contributed by atoms with E-state index in [4.69, 9.17) is 0 Å². The number of carbonyl (C=O) groups excluding carboxylic acids is 1. The molecule has 0 saturated carbocycles. The average molecular weight is 217 g/mol. The largest absolute Gasteiger partial charge is 0.350 e. The molecule has 0 fully saturated rings. The number of benzene rings is 1. The summed E-state index contributed by atoms with van der Waals surface area (Å²) in [6.45, 7) is 4.04. The molecule has 4 heteroatoms. The number of amides is 1. The van der Waals surface area contributed by atoms with E-state index in [1.807, 2.05) is 32.0 Å². The van der Waals surface area contributed by atoms with Gasteiger partial charge in [0.15, 0.2) is 0 Å². The number of nitrogens with one attached hydrogen (secondary N) is 2. The summed E-state index contributed by atoms with van der Waals surface area (Å²) in [5, 5.41) is 10.7. The molecule has 0 bridgehead atoms. The van der Waals surface area contributed by atoms with Gasteiger partial charge in [-0.3, -0.25) is 9.89 Å². The Bertz CT molecular complexity index is 504. The van der Waals surface area contributed by atoms with Gasteiger partial charge in [0.25, 0.3) is 5.91 Å². The van der Waals surface area contributed by atoms with Crippen molar-refractivity contribution >= 4 is 16.8 Å². The molecule has 1 aromatic heterocycles. The number of nitrogens with zero attached hydrogens (tertiary/aromatic N) is 1. The Kier molecular flexibility index (Phi) is 2.90. The molecule has 16 heavy (non-hydrogen) atoms. The van der Waals surface area contributed by atoms with Crippen LogP contribution in [0.2, 0.25) is 0 Å². The first kappa shape index (κ1) is 10.7. The summed E-state index contributed by atoms with van der Waals surface area (Å²) >= 11 is 0. The number of carbonyl (C=O) groups is 1. The fourth-order valence-electron chi connectivity index (χ4n) is 1.49. The number of hydrogen-bond acceptors (Lipinski definition) is 2. The number of hydrogen-bond donors (Lipinski definition) is 2. The molecule has 0 aliphatic heterocycles. The Hall–Kier alpha value is -1.84. The van der Waals surface area contributed by atoms with Crippen LogP contribution in [0.4, 0.5) is 0 Å². The molecule has 2 N–H and O–H groups in total. The molecule has 84 valence electrons. The molecular formula is C12H15N3O. The lowest BCUT2D eigenvalue weighted by molar-refractivity contribution is 0.0939. The lowest BCUT2D eigenvalue weighted by atomic mass is 10.1. The molecule has 0 aliphatic rings. The molecule has 1 aromatic carbocycles. The monoisotopic (exact) mass is 217 g/mol. The number of aromatic nitrogens is 2. The smallest absolute Gasteiger partial charge is 0.251 e. The predicted octanol–water partition coefficient (Wildman–Crippen LogP) is 2.09. The van der Waals surface area contributed by atoms with Crippen LogP contribution in [0.25, 0.3) is 10.9 Å². The van der Waals surface area contributed by atoms with Crippen LogP contribution in [0.5, 0.6) is 0 Å². The van der Waals surface area contributed by atoms with Gasteiger partial charge in [-0.05, 0) is 25.5 Å². The van der Waals surface area contributed by atoms with E-state index in [-0.39, 0.29) is 11.9 Å². The predicted molar refractivity (Wildman–Crippen MR) is 63.3 cm³/mol. The highest BCUT2D eigenvalue weighted by Crippen LogP contribution is 2.12. The summed E-state index contributed by atoms with van der Waals surface area (Å²) in [5.74, 6) is -0.0362. The van der Waals surface area contributed by atoms with Gasteiger partial charge in [-0.2, -0.15) is 5.10 Å². The lowest BCUT2D eigenvalue weighted by Crippen LogP contribution is -2.31. The Morgan fingerprint density at radius 1 is 1.56 bits per heavy atom. The van der Waals surface area contributed by atoms with E-state index in [1.54, 1.807) is 6.20 Å². The third-order valence-corrected chi connectivity index (χ3v) is 2.69. The summed E-state index contributed by atoms with van der Waals surface area (Å²) in [6.07, 6.45) is 2.67. The van der Waals surface area contributed by atoms with Crippen molar-refractivity contribution < 1.29 is 4.79 Å². The SMILES string of the molecule is CC[C@H](C)NC(=O)c1ccc2cn[nH]c2c1. The Labute approximate surface area is 94.0 Å². The van der Waals surface area contributed by atoms with E-state index in [1.165, 1.54) is 0 Å². The van der Waals surface area contributed by atoms with Crippen molar-refractivity contribution in [2.45, 2.75) is 26.3 Å². The van der Waals surface area contributed by atoms with Gasteiger partial charge in [0.05, 0.1) is 11.7 Å². The second-order valence-electron chi connectivity index (χ2n) is 3.95.